The molecule has 19 heavy (non-hydrogen) atoms. The highest BCUT2D eigenvalue weighted by Gasteiger charge is 2.04. The summed E-state index contributed by atoms with van der Waals surface area (Å²) in [4.78, 5) is 4.53. The van der Waals surface area contributed by atoms with Gasteiger partial charge < -0.3 is 5.32 Å². The van der Waals surface area contributed by atoms with Crippen LogP contribution in [0.1, 0.15) is 5.56 Å². The molecule has 0 aliphatic carbocycles. The molecular formula is C13H14N4S2. The van der Waals surface area contributed by atoms with Gasteiger partial charge in [-0.3, -0.25) is 4.68 Å². The van der Waals surface area contributed by atoms with Crippen molar-refractivity contribution >= 4 is 39.0 Å². The van der Waals surface area contributed by atoms with Crippen molar-refractivity contribution in [3.05, 3.63) is 36.2 Å². The van der Waals surface area contributed by atoms with E-state index in [1.165, 1.54) is 10.3 Å². The normalized spacial score (nSPS) is 11.1. The molecule has 1 N–H and O–H groups in total. The van der Waals surface area contributed by atoms with Crippen molar-refractivity contribution in [3.63, 3.8) is 0 Å². The predicted octanol–water partition coefficient (Wildman–Crippen LogP) is 3.36. The van der Waals surface area contributed by atoms with Crippen LogP contribution >= 0.6 is 23.1 Å². The number of aryl methyl sites for hydroxylation is 1. The molecular weight excluding hydrogens is 276 g/mol. The molecule has 0 atom stereocenters. The standard InChI is InChI=1S/C13H14N4S2/c1-17-8-9(7-15-17)6-14-10-3-4-11-12(5-10)19-13(16-11)18-2/h3-5,7-8,14H,6H2,1-2H3. The topological polar surface area (TPSA) is 42.7 Å². The Hall–Kier alpha value is -1.53. The summed E-state index contributed by atoms with van der Waals surface area (Å²) in [5, 5.41) is 7.57. The Morgan fingerprint density at radius 1 is 1.42 bits per heavy atom. The van der Waals surface area contributed by atoms with Gasteiger partial charge in [0, 0.05) is 31.0 Å². The SMILES string of the molecule is CSc1nc2ccc(NCc3cnn(C)c3)cc2s1. The van der Waals surface area contributed by atoms with Gasteiger partial charge in [0.1, 0.15) is 0 Å². The minimum atomic E-state index is 0.785. The van der Waals surface area contributed by atoms with Crippen LogP contribution in [0.25, 0.3) is 10.2 Å². The van der Waals surface area contributed by atoms with E-state index in [4.69, 9.17) is 0 Å². The third-order valence-corrected chi connectivity index (χ3v) is 4.80. The van der Waals surface area contributed by atoms with Crippen LogP contribution < -0.4 is 5.32 Å². The third-order valence-electron chi connectivity index (χ3n) is 2.80. The van der Waals surface area contributed by atoms with E-state index in [1.54, 1.807) is 23.1 Å². The molecule has 0 saturated carbocycles. The van der Waals surface area contributed by atoms with E-state index in [9.17, 15) is 0 Å². The molecule has 0 spiro atoms. The number of rotatable bonds is 4. The molecule has 3 rings (SSSR count). The molecule has 1 aromatic carbocycles. The summed E-state index contributed by atoms with van der Waals surface area (Å²) >= 11 is 3.42. The molecule has 4 nitrogen and oxygen atoms in total. The van der Waals surface area contributed by atoms with Crippen LogP contribution in [0, 0.1) is 0 Å². The van der Waals surface area contributed by atoms with E-state index >= 15 is 0 Å². The summed E-state index contributed by atoms with van der Waals surface area (Å²) in [5.74, 6) is 0. The first-order chi connectivity index (χ1) is 9.24. The zero-order valence-electron chi connectivity index (χ0n) is 10.8. The van der Waals surface area contributed by atoms with Gasteiger partial charge in [0.25, 0.3) is 0 Å². The van der Waals surface area contributed by atoms with Gasteiger partial charge in [-0.25, -0.2) is 4.98 Å². The molecule has 0 aliphatic rings. The van der Waals surface area contributed by atoms with Crippen molar-refractivity contribution < 1.29 is 0 Å². The van der Waals surface area contributed by atoms with Crippen molar-refractivity contribution in [1.29, 1.82) is 0 Å². The van der Waals surface area contributed by atoms with Gasteiger partial charge in [0.15, 0.2) is 4.34 Å². The third kappa shape index (κ3) is 2.74. The molecule has 2 aromatic heterocycles. The first kappa shape index (κ1) is 12.5. The van der Waals surface area contributed by atoms with Gasteiger partial charge in [-0.15, -0.1) is 11.3 Å². The van der Waals surface area contributed by atoms with Gasteiger partial charge in [-0.1, -0.05) is 11.8 Å². The second-order valence-corrected chi connectivity index (χ2v) is 6.33. The first-order valence-corrected chi connectivity index (χ1v) is 7.95. The molecule has 0 radical (unpaired) electrons. The number of thiazole rings is 1. The van der Waals surface area contributed by atoms with Gasteiger partial charge >= 0.3 is 0 Å². The van der Waals surface area contributed by atoms with Crippen molar-refractivity contribution in [2.24, 2.45) is 7.05 Å². The van der Waals surface area contributed by atoms with Crippen LogP contribution in [-0.2, 0) is 13.6 Å². The van der Waals surface area contributed by atoms with Crippen LogP contribution in [0.3, 0.4) is 0 Å². The van der Waals surface area contributed by atoms with Crippen molar-refractivity contribution in [3.8, 4) is 0 Å². The molecule has 0 bridgehead atoms. The lowest BCUT2D eigenvalue weighted by Crippen LogP contribution is -1.97. The molecule has 0 amide bonds. The maximum absolute atomic E-state index is 4.53. The van der Waals surface area contributed by atoms with Crippen LogP contribution in [0.2, 0.25) is 0 Å². The Morgan fingerprint density at radius 2 is 2.32 bits per heavy atom. The van der Waals surface area contributed by atoms with Crippen molar-refractivity contribution in [2.45, 2.75) is 10.9 Å². The summed E-state index contributed by atoms with van der Waals surface area (Å²) in [6.45, 7) is 0.785. The van der Waals surface area contributed by atoms with Crippen LogP contribution in [0.15, 0.2) is 34.9 Å². The zero-order valence-corrected chi connectivity index (χ0v) is 12.4. The molecule has 6 heteroatoms. The zero-order chi connectivity index (χ0) is 13.2. The van der Waals surface area contributed by atoms with Crippen LogP contribution in [-0.4, -0.2) is 21.0 Å². The van der Waals surface area contributed by atoms with Crippen molar-refractivity contribution in [2.75, 3.05) is 11.6 Å². The summed E-state index contributed by atoms with van der Waals surface area (Å²) in [6, 6.07) is 6.29. The summed E-state index contributed by atoms with van der Waals surface area (Å²) in [7, 11) is 1.93. The quantitative estimate of drug-likeness (QED) is 0.748. The number of anilines is 1. The van der Waals surface area contributed by atoms with Gasteiger partial charge in [0.05, 0.1) is 16.4 Å². The minimum absolute atomic E-state index is 0.785. The first-order valence-electron chi connectivity index (χ1n) is 5.90. The number of nitrogens with zero attached hydrogens (tertiary/aromatic N) is 3. The maximum Gasteiger partial charge on any atom is 0.150 e. The largest absolute Gasteiger partial charge is 0.381 e. The second-order valence-electron chi connectivity index (χ2n) is 4.24. The monoisotopic (exact) mass is 290 g/mol. The Labute approximate surface area is 119 Å². The van der Waals surface area contributed by atoms with Gasteiger partial charge in [-0.2, -0.15) is 5.10 Å². The number of hydrogen-bond acceptors (Lipinski definition) is 5. The molecule has 98 valence electrons. The smallest absolute Gasteiger partial charge is 0.150 e. The van der Waals surface area contributed by atoms with E-state index in [0.29, 0.717) is 0 Å². The van der Waals surface area contributed by atoms with E-state index in [2.05, 4.69) is 39.9 Å². The fourth-order valence-corrected chi connectivity index (χ4v) is 3.40. The number of fused-ring (bicyclic) bond motifs is 1. The van der Waals surface area contributed by atoms with Crippen LogP contribution in [0.5, 0.6) is 0 Å². The number of benzene rings is 1. The fraction of sp³-hybridized carbons (Fsp3) is 0.231. The Bertz CT molecular complexity index is 702. The number of thioether (sulfide) groups is 1. The summed E-state index contributed by atoms with van der Waals surface area (Å²) in [5.41, 5.74) is 3.37. The van der Waals surface area contributed by atoms with E-state index in [-0.39, 0.29) is 0 Å². The van der Waals surface area contributed by atoms with Gasteiger partial charge in [0.2, 0.25) is 0 Å². The maximum atomic E-state index is 4.53. The summed E-state index contributed by atoms with van der Waals surface area (Å²) < 4.78 is 4.15. The molecule has 0 fully saturated rings. The lowest BCUT2D eigenvalue weighted by Gasteiger charge is -2.04. The summed E-state index contributed by atoms with van der Waals surface area (Å²) in [6.07, 6.45) is 5.95. The number of aromatic nitrogens is 3. The van der Waals surface area contributed by atoms with E-state index < -0.39 is 0 Å². The fourth-order valence-electron chi connectivity index (χ4n) is 1.87. The highest BCUT2D eigenvalue weighted by atomic mass is 32.2. The predicted molar refractivity (Wildman–Crippen MR) is 81.9 cm³/mol. The lowest BCUT2D eigenvalue weighted by atomic mass is 10.3. The molecule has 2 heterocycles. The molecule has 3 aromatic rings. The average Bonchev–Trinajstić information content (AvgIpc) is 3.01. The Morgan fingerprint density at radius 3 is 3.05 bits per heavy atom. The Kier molecular flexibility index (Phi) is 3.44. The van der Waals surface area contributed by atoms with E-state index in [0.717, 1.165) is 22.1 Å². The molecule has 0 unspecified atom stereocenters. The lowest BCUT2D eigenvalue weighted by molar-refractivity contribution is 0.767. The van der Waals surface area contributed by atoms with Crippen molar-refractivity contribution in [1.82, 2.24) is 14.8 Å². The molecule has 0 saturated heterocycles. The Balaban J connectivity index is 1.77. The number of hydrogen-bond donors (Lipinski definition) is 1. The highest BCUT2D eigenvalue weighted by Crippen LogP contribution is 2.30. The van der Waals surface area contributed by atoms with E-state index in [1.807, 2.05) is 24.1 Å². The highest BCUT2D eigenvalue weighted by molar-refractivity contribution is 8.00. The average molecular weight is 290 g/mol. The minimum Gasteiger partial charge on any atom is -0.381 e. The molecule has 0 aliphatic heterocycles. The number of nitrogens with one attached hydrogen (secondary N) is 1. The van der Waals surface area contributed by atoms with Crippen LogP contribution in [0.4, 0.5) is 5.69 Å². The second kappa shape index (κ2) is 5.22. The van der Waals surface area contributed by atoms with Gasteiger partial charge in [-0.05, 0) is 24.5 Å².